The second kappa shape index (κ2) is 7.02. The number of ketones is 1. The zero-order valence-electron chi connectivity index (χ0n) is 12.1. The zero-order chi connectivity index (χ0) is 17.0. The van der Waals surface area contributed by atoms with Crippen molar-refractivity contribution >= 4 is 29.0 Å². The Hall–Kier alpha value is -2.73. The van der Waals surface area contributed by atoms with E-state index in [4.69, 9.17) is 16.3 Å². The first-order valence-corrected chi connectivity index (χ1v) is 6.97. The average molecular weight is 334 g/mol. The molecule has 118 valence electrons. The SMILES string of the molecule is Cc1ccc(C(=O)COC(=O)c2cccc(Cl)c2)cc1[N+](=O)[O-]. The largest absolute Gasteiger partial charge is 0.454 e. The van der Waals surface area contributed by atoms with Gasteiger partial charge in [0.25, 0.3) is 5.69 Å². The van der Waals surface area contributed by atoms with E-state index in [1.807, 2.05) is 0 Å². The number of hydrogen-bond donors (Lipinski definition) is 0. The Balaban J connectivity index is 2.06. The van der Waals surface area contributed by atoms with E-state index in [0.717, 1.165) is 0 Å². The Morgan fingerprint density at radius 2 is 1.91 bits per heavy atom. The van der Waals surface area contributed by atoms with Crippen molar-refractivity contribution in [2.45, 2.75) is 6.92 Å². The number of carbonyl (C=O) groups is 2. The zero-order valence-corrected chi connectivity index (χ0v) is 12.9. The predicted octanol–water partition coefficient (Wildman–Crippen LogP) is 3.60. The lowest BCUT2D eigenvalue weighted by Crippen LogP contribution is -2.14. The topological polar surface area (TPSA) is 86.5 Å². The number of Topliss-reactive ketones (excluding diaryl/α,β-unsaturated/α-hetero) is 1. The molecule has 0 atom stereocenters. The summed E-state index contributed by atoms with van der Waals surface area (Å²) < 4.78 is 4.91. The maximum Gasteiger partial charge on any atom is 0.338 e. The van der Waals surface area contributed by atoms with E-state index in [-0.39, 0.29) is 16.8 Å². The molecule has 0 aliphatic rings. The first-order chi connectivity index (χ1) is 10.9. The van der Waals surface area contributed by atoms with Crippen LogP contribution in [0, 0.1) is 17.0 Å². The van der Waals surface area contributed by atoms with E-state index >= 15 is 0 Å². The highest BCUT2D eigenvalue weighted by Crippen LogP contribution is 2.19. The number of hydrogen-bond acceptors (Lipinski definition) is 5. The molecule has 2 aromatic carbocycles. The van der Waals surface area contributed by atoms with E-state index in [0.29, 0.717) is 10.6 Å². The normalized spacial score (nSPS) is 10.2. The lowest BCUT2D eigenvalue weighted by atomic mass is 10.1. The predicted molar refractivity (Wildman–Crippen MR) is 83.9 cm³/mol. The number of nitrogens with zero attached hydrogens (tertiary/aromatic N) is 1. The number of benzene rings is 2. The number of esters is 1. The first kappa shape index (κ1) is 16.6. The van der Waals surface area contributed by atoms with Gasteiger partial charge in [-0.15, -0.1) is 0 Å². The van der Waals surface area contributed by atoms with Crippen molar-refractivity contribution in [3.8, 4) is 0 Å². The summed E-state index contributed by atoms with van der Waals surface area (Å²) in [5, 5.41) is 11.3. The number of carbonyl (C=O) groups excluding carboxylic acids is 2. The van der Waals surface area contributed by atoms with Crippen LogP contribution >= 0.6 is 11.6 Å². The summed E-state index contributed by atoms with van der Waals surface area (Å²) in [7, 11) is 0. The Morgan fingerprint density at radius 1 is 1.17 bits per heavy atom. The van der Waals surface area contributed by atoms with Gasteiger partial charge in [0.15, 0.2) is 6.61 Å². The van der Waals surface area contributed by atoms with E-state index in [2.05, 4.69) is 0 Å². The number of aryl methyl sites for hydroxylation is 1. The van der Waals surface area contributed by atoms with Crippen molar-refractivity contribution in [3.05, 3.63) is 74.3 Å². The van der Waals surface area contributed by atoms with Gasteiger partial charge in [-0.2, -0.15) is 0 Å². The number of rotatable bonds is 5. The van der Waals surface area contributed by atoms with E-state index in [1.54, 1.807) is 19.1 Å². The molecule has 2 rings (SSSR count). The van der Waals surface area contributed by atoms with Crippen molar-refractivity contribution in [2.75, 3.05) is 6.61 Å². The minimum Gasteiger partial charge on any atom is -0.454 e. The molecule has 0 N–H and O–H groups in total. The molecule has 0 aliphatic carbocycles. The van der Waals surface area contributed by atoms with Crippen LogP contribution in [0.1, 0.15) is 26.3 Å². The van der Waals surface area contributed by atoms with E-state index < -0.39 is 23.3 Å². The van der Waals surface area contributed by atoms with E-state index in [9.17, 15) is 19.7 Å². The van der Waals surface area contributed by atoms with Gasteiger partial charge in [0.05, 0.1) is 10.5 Å². The second-order valence-electron chi connectivity index (χ2n) is 4.77. The van der Waals surface area contributed by atoms with Gasteiger partial charge in [0, 0.05) is 22.2 Å². The Kier molecular flexibility index (Phi) is 5.08. The summed E-state index contributed by atoms with van der Waals surface area (Å²) in [4.78, 5) is 34.1. The minimum absolute atomic E-state index is 0.112. The van der Waals surface area contributed by atoms with Gasteiger partial charge in [-0.25, -0.2) is 4.79 Å². The van der Waals surface area contributed by atoms with E-state index in [1.165, 1.54) is 30.3 Å². The summed E-state index contributed by atoms with van der Waals surface area (Å²) >= 11 is 5.77. The molecule has 23 heavy (non-hydrogen) atoms. The number of ether oxygens (including phenoxy) is 1. The fourth-order valence-electron chi connectivity index (χ4n) is 1.89. The monoisotopic (exact) mass is 333 g/mol. The van der Waals surface area contributed by atoms with Crippen molar-refractivity contribution in [1.82, 2.24) is 0 Å². The molecule has 6 nitrogen and oxygen atoms in total. The molecule has 0 amide bonds. The van der Waals surface area contributed by atoms with Crippen LogP contribution in [0.25, 0.3) is 0 Å². The quantitative estimate of drug-likeness (QED) is 0.361. The highest BCUT2D eigenvalue weighted by molar-refractivity contribution is 6.30. The molecule has 0 saturated carbocycles. The third-order valence-corrected chi connectivity index (χ3v) is 3.36. The lowest BCUT2D eigenvalue weighted by Gasteiger charge is -2.05. The Labute approximate surface area is 136 Å². The van der Waals surface area contributed by atoms with Gasteiger partial charge in [-0.1, -0.05) is 29.8 Å². The van der Waals surface area contributed by atoms with Crippen LogP contribution in [0.3, 0.4) is 0 Å². The molecule has 7 heteroatoms. The molecule has 2 aromatic rings. The molecule has 0 unspecified atom stereocenters. The Morgan fingerprint density at radius 3 is 2.57 bits per heavy atom. The third kappa shape index (κ3) is 4.14. The van der Waals surface area contributed by atoms with Crippen molar-refractivity contribution < 1.29 is 19.2 Å². The van der Waals surface area contributed by atoms with Crippen LogP contribution in [0.15, 0.2) is 42.5 Å². The summed E-state index contributed by atoms with van der Waals surface area (Å²) in [5.41, 5.74) is 0.626. The fourth-order valence-corrected chi connectivity index (χ4v) is 2.08. The molecule has 0 saturated heterocycles. The van der Waals surface area contributed by atoms with Gasteiger partial charge in [0.2, 0.25) is 5.78 Å². The standard InChI is InChI=1S/C16H12ClNO5/c1-10-5-6-11(8-14(10)18(21)22)15(19)9-23-16(20)12-3-2-4-13(17)7-12/h2-8H,9H2,1H3. The maximum absolute atomic E-state index is 12.0. The smallest absolute Gasteiger partial charge is 0.338 e. The first-order valence-electron chi connectivity index (χ1n) is 6.59. The summed E-state index contributed by atoms with van der Waals surface area (Å²) in [6, 6.07) is 10.2. The highest BCUT2D eigenvalue weighted by Gasteiger charge is 2.17. The van der Waals surface area contributed by atoms with Crippen molar-refractivity contribution in [3.63, 3.8) is 0 Å². The molecule has 0 radical (unpaired) electrons. The van der Waals surface area contributed by atoms with Crippen LogP contribution in [0.4, 0.5) is 5.69 Å². The maximum atomic E-state index is 12.0. The van der Waals surface area contributed by atoms with Gasteiger partial charge >= 0.3 is 5.97 Å². The van der Waals surface area contributed by atoms with Crippen LogP contribution in [-0.4, -0.2) is 23.3 Å². The number of halogens is 1. The molecule has 0 bridgehead atoms. The molecule has 0 fully saturated rings. The van der Waals surface area contributed by atoms with Gasteiger partial charge < -0.3 is 4.74 Å². The summed E-state index contributed by atoms with van der Waals surface area (Å²) in [6.07, 6.45) is 0. The molecular weight excluding hydrogens is 322 g/mol. The fraction of sp³-hybridized carbons (Fsp3) is 0.125. The van der Waals surface area contributed by atoms with Crippen LogP contribution in [0.5, 0.6) is 0 Å². The van der Waals surface area contributed by atoms with Crippen LogP contribution in [-0.2, 0) is 4.74 Å². The molecule has 0 heterocycles. The van der Waals surface area contributed by atoms with Gasteiger partial charge in [-0.3, -0.25) is 14.9 Å². The van der Waals surface area contributed by atoms with Crippen LogP contribution < -0.4 is 0 Å². The van der Waals surface area contributed by atoms with Gasteiger partial charge in [-0.05, 0) is 25.1 Å². The molecule has 0 aliphatic heterocycles. The average Bonchev–Trinajstić information content (AvgIpc) is 2.52. The van der Waals surface area contributed by atoms with Gasteiger partial charge in [0.1, 0.15) is 0 Å². The number of nitro benzene ring substituents is 1. The number of nitro groups is 1. The lowest BCUT2D eigenvalue weighted by molar-refractivity contribution is -0.385. The summed E-state index contributed by atoms with van der Waals surface area (Å²) in [6.45, 7) is 1.07. The second-order valence-corrected chi connectivity index (χ2v) is 5.20. The van der Waals surface area contributed by atoms with Crippen molar-refractivity contribution in [1.29, 1.82) is 0 Å². The molecule has 0 aromatic heterocycles. The van der Waals surface area contributed by atoms with Crippen LogP contribution in [0.2, 0.25) is 5.02 Å². The summed E-state index contributed by atoms with van der Waals surface area (Å²) in [5.74, 6) is -1.22. The Bertz CT molecular complexity index is 788. The molecular formula is C16H12ClNO5. The highest BCUT2D eigenvalue weighted by atomic mass is 35.5. The molecule has 0 spiro atoms. The third-order valence-electron chi connectivity index (χ3n) is 3.12. The minimum atomic E-state index is -0.692. The van der Waals surface area contributed by atoms with Crippen molar-refractivity contribution in [2.24, 2.45) is 0 Å².